The van der Waals surface area contributed by atoms with E-state index in [9.17, 15) is 9.59 Å². The molecule has 116 valence electrons. The summed E-state index contributed by atoms with van der Waals surface area (Å²) in [4.78, 5) is 24.9. The van der Waals surface area contributed by atoms with Crippen molar-refractivity contribution in [3.8, 4) is 5.75 Å². The molecule has 1 aromatic rings. The van der Waals surface area contributed by atoms with E-state index in [0.29, 0.717) is 24.4 Å². The molecule has 0 heterocycles. The van der Waals surface area contributed by atoms with Gasteiger partial charge in [0.2, 0.25) is 5.91 Å². The van der Waals surface area contributed by atoms with Crippen LogP contribution in [0, 0.1) is 0 Å². The van der Waals surface area contributed by atoms with Gasteiger partial charge in [0.15, 0.2) is 0 Å². The third-order valence-corrected chi connectivity index (χ3v) is 3.25. The molecule has 6 nitrogen and oxygen atoms in total. The van der Waals surface area contributed by atoms with E-state index in [2.05, 4.69) is 5.32 Å². The van der Waals surface area contributed by atoms with Gasteiger partial charge in [-0.15, -0.1) is 0 Å². The summed E-state index contributed by atoms with van der Waals surface area (Å²) in [6.07, 6.45) is 0.450. The Balaban J connectivity index is 2.73. The highest BCUT2D eigenvalue weighted by Gasteiger charge is 2.24. The predicted octanol–water partition coefficient (Wildman–Crippen LogP) is 1.82. The zero-order valence-corrected chi connectivity index (χ0v) is 12.6. The van der Waals surface area contributed by atoms with Crippen LogP contribution in [-0.4, -0.2) is 48.1 Å². The Bertz CT molecular complexity index is 490. The number of rotatable bonds is 8. The van der Waals surface area contributed by atoms with Crippen LogP contribution in [0.1, 0.15) is 20.3 Å². The summed E-state index contributed by atoms with van der Waals surface area (Å²) in [6.45, 7) is 4.14. The number of para-hydroxylation sites is 2. The number of ether oxygens (including phenoxy) is 1. The van der Waals surface area contributed by atoms with Crippen molar-refractivity contribution in [1.82, 2.24) is 4.90 Å². The maximum Gasteiger partial charge on any atom is 0.320 e. The number of carbonyl (C=O) groups is 2. The lowest BCUT2D eigenvalue weighted by molar-refractivity contribution is -0.143. The summed E-state index contributed by atoms with van der Waals surface area (Å²) in [7, 11) is 1.53. The summed E-state index contributed by atoms with van der Waals surface area (Å²) >= 11 is 0. The second kappa shape index (κ2) is 8.26. The highest BCUT2D eigenvalue weighted by atomic mass is 16.5. The number of nitrogens with one attached hydrogen (secondary N) is 1. The van der Waals surface area contributed by atoms with E-state index >= 15 is 0 Å². The van der Waals surface area contributed by atoms with Gasteiger partial charge in [-0.2, -0.15) is 0 Å². The van der Waals surface area contributed by atoms with Crippen LogP contribution in [0.15, 0.2) is 24.3 Å². The topological polar surface area (TPSA) is 78.9 Å². The minimum atomic E-state index is -0.913. The lowest BCUT2D eigenvalue weighted by atomic mass is 10.2. The van der Waals surface area contributed by atoms with Gasteiger partial charge in [-0.25, -0.2) is 0 Å². The highest BCUT2D eigenvalue weighted by Crippen LogP contribution is 2.22. The summed E-state index contributed by atoms with van der Waals surface area (Å²) < 4.78 is 5.16. The van der Waals surface area contributed by atoms with Crippen molar-refractivity contribution >= 4 is 17.6 Å². The van der Waals surface area contributed by atoms with Gasteiger partial charge in [-0.3, -0.25) is 14.5 Å². The molecule has 0 aromatic heterocycles. The standard InChI is InChI=1S/C15H22N2O4/c1-4-12(15(19)20)17(5-2)10-14(18)16-11-8-6-7-9-13(11)21-3/h6-9,12H,4-5,10H2,1-3H3,(H,16,18)(H,19,20). The van der Waals surface area contributed by atoms with E-state index in [1.54, 1.807) is 30.0 Å². The van der Waals surface area contributed by atoms with E-state index in [4.69, 9.17) is 9.84 Å². The van der Waals surface area contributed by atoms with Crippen molar-refractivity contribution in [2.24, 2.45) is 0 Å². The highest BCUT2D eigenvalue weighted by molar-refractivity contribution is 5.94. The van der Waals surface area contributed by atoms with Crippen LogP contribution >= 0.6 is 0 Å². The van der Waals surface area contributed by atoms with E-state index in [1.165, 1.54) is 7.11 Å². The quantitative estimate of drug-likeness (QED) is 0.764. The fraction of sp³-hybridized carbons (Fsp3) is 0.467. The molecular formula is C15H22N2O4. The van der Waals surface area contributed by atoms with Gasteiger partial charge in [-0.05, 0) is 25.1 Å². The number of amides is 1. The molecule has 0 aliphatic carbocycles. The van der Waals surface area contributed by atoms with E-state index in [0.717, 1.165) is 0 Å². The number of carbonyl (C=O) groups excluding carboxylic acids is 1. The Morgan fingerprint density at radius 3 is 2.52 bits per heavy atom. The fourth-order valence-electron chi connectivity index (χ4n) is 2.15. The maximum atomic E-state index is 12.1. The van der Waals surface area contributed by atoms with Gasteiger partial charge >= 0.3 is 5.97 Å². The van der Waals surface area contributed by atoms with Crippen molar-refractivity contribution in [3.05, 3.63) is 24.3 Å². The lowest BCUT2D eigenvalue weighted by Gasteiger charge is -2.26. The van der Waals surface area contributed by atoms with E-state index < -0.39 is 12.0 Å². The van der Waals surface area contributed by atoms with Crippen LogP contribution in [0.2, 0.25) is 0 Å². The lowest BCUT2D eigenvalue weighted by Crippen LogP contribution is -2.44. The van der Waals surface area contributed by atoms with Crippen LogP contribution in [0.4, 0.5) is 5.69 Å². The molecule has 1 unspecified atom stereocenters. The molecule has 0 bridgehead atoms. The molecule has 0 fully saturated rings. The first-order chi connectivity index (χ1) is 10.0. The number of carboxylic acid groups (broad SMARTS) is 1. The molecule has 0 saturated heterocycles. The first-order valence-electron chi connectivity index (χ1n) is 6.93. The predicted molar refractivity (Wildman–Crippen MR) is 80.6 cm³/mol. The summed E-state index contributed by atoms with van der Waals surface area (Å²) in [5.41, 5.74) is 0.574. The minimum Gasteiger partial charge on any atom is -0.495 e. The molecule has 1 atom stereocenters. The number of carboxylic acids is 1. The van der Waals surface area contributed by atoms with Crippen LogP contribution in [0.3, 0.4) is 0 Å². The largest absolute Gasteiger partial charge is 0.495 e. The Labute approximate surface area is 124 Å². The van der Waals surface area contributed by atoms with Crippen LogP contribution < -0.4 is 10.1 Å². The van der Waals surface area contributed by atoms with Crippen LogP contribution in [0.5, 0.6) is 5.75 Å². The van der Waals surface area contributed by atoms with Crippen molar-refractivity contribution in [2.45, 2.75) is 26.3 Å². The average molecular weight is 294 g/mol. The molecule has 1 amide bonds. The Kier molecular flexibility index (Phi) is 6.68. The molecule has 2 N–H and O–H groups in total. The first-order valence-corrected chi connectivity index (χ1v) is 6.93. The summed E-state index contributed by atoms with van der Waals surface area (Å²) in [5.74, 6) is -0.607. The molecule has 1 rings (SSSR count). The second-order valence-corrected chi connectivity index (χ2v) is 4.57. The molecular weight excluding hydrogens is 272 g/mol. The van der Waals surface area contributed by atoms with Gasteiger partial charge in [0.05, 0.1) is 19.3 Å². The number of aliphatic carboxylic acids is 1. The van der Waals surface area contributed by atoms with E-state index in [-0.39, 0.29) is 12.5 Å². The molecule has 0 aliphatic rings. The summed E-state index contributed by atoms with van der Waals surface area (Å²) in [6, 6.07) is 6.44. The van der Waals surface area contributed by atoms with Crippen molar-refractivity contribution in [2.75, 3.05) is 25.5 Å². The first kappa shape index (κ1) is 17.0. The molecule has 0 spiro atoms. The molecule has 21 heavy (non-hydrogen) atoms. The van der Waals surface area contributed by atoms with Gasteiger partial charge < -0.3 is 15.2 Å². The molecule has 6 heteroatoms. The zero-order chi connectivity index (χ0) is 15.8. The molecule has 1 aromatic carbocycles. The smallest absolute Gasteiger partial charge is 0.320 e. The number of hydrogen-bond donors (Lipinski definition) is 2. The number of methoxy groups -OCH3 is 1. The Hall–Kier alpha value is -2.08. The molecule has 0 radical (unpaired) electrons. The van der Waals surface area contributed by atoms with Crippen molar-refractivity contribution in [1.29, 1.82) is 0 Å². The number of hydrogen-bond acceptors (Lipinski definition) is 4. The normalized spacial score (nSPS) is 12.0. The Morgan fingerprint density at radius 1 is 1.33 bits per heavy atom. The van der Waals surface area contributed by atoms with Crippen LogP contribution in [0.25, 0.3) is 0 Å². The van der Waals surface area contributed by atoms with E-state index in [1.807, 2.05) is 13.0 Å². The second-order valence-electron chi connectivity index (χ2n) is 4.57. The zero-order valence-electron chi connectivity index (χ0n) is 12.6. The number of benzene rings is 1. The monoisotopic (exact) mass is 294 g/mol. The third kappa shape index (κ3) is 4.75. The third-order valence-electron chi connectivity index (χ3n) is 3.25. The van der Waals surface area contributed by atoms with Gasteiger partial charge in [0, 0.05) is 0 Å². The maximum absolute atomic E-state index is 12.1. The number of nitrogens with zero attached hydrogens (tertiary/aromatic N) is 1. The average Bonchev–Trinajstić information content (AvgIpc) is 2.47. The summed E-state index contributed by atoms with van der Waals surface area (Å²) in [5, 5.41) is 11.9. The van der Waals surface area contributed by atoms with Gasteiger partial charge in [-0.1, -0.05) is 26.0 Å². The minimum absolute atomic E-state index is 0.0271. The number of likely N-dealkylation sites (N-methyl/N-ethyl adjacent to an activating group) is 1. The SMILES string of the molecule is CCC(C(=O)O)N(CC)CC(=O)Nc1ccccc1OC. The fourth-order valence-corrected chi connectivity index (χ4v) is 2.15. The van der Waals surface area contributed by atoms with Crippen LogP contribution in [-0.2, 0) is 9.59 Å². The molecule has 0 aliphatic heterocycles. The Morgan fingerprint density at radius 2 is 2.00 bits per heavy atom. The van der Waals surface area contributed by atoms with Crippen molar-refractivity contribution < 1.29 is 19.4 Å². The van der Waals surface area contributed by atoms with Gasteiger partial charge in [0.1, 0.15) is 11.8 Å². The number of anilines is 1. The van der Waals surface area contributed by atoms with Crippen molar-refractivity contribution in [3.63, 3.8) is 0 Å². The molecule has 0 saturated carbocycles. The van der Waals surface area contributed by atoms with Gasteiger partial charge in [0.25, 0.3) is 0 Å².